The Kier molecular flexibility index (Phi) is 5.90. The number of carbonyl (C=O) groups is 1. The van der Waals surface area contributed by atoms with Crippen molar-refractivity contribution >= 4 is 5.91 Å². The number of hydrogen-bond acceptors (Lipinski definition) is 3. The fraction of sp³-hybridized carbons (Fsp3) is 0.778. The Morgan fingerprint density at radius 2 is 2.23 bits per heavy atom. The number of carbonyl (C=O) groups excluding carboxylic acids is 1. The lowest BCUT2D eigenvalue weighted by Crippen LogP contribution is -2.44. The van der Waals surface area contributed by atoms with Crippen molar-refractivity contribution in [3.8, 4) is 6.07 Å². The largest absolute Gasteiger partial charge is 0.355 e. The molecule has 0 rings (SSSR count). The molecule has 0 saturated heterocycles. The molecule has 0 bridgehead atoms. The van der Waals surface area contributed by atoms with Gasteiger partial charge in [-0.15, -0.1) is 0 Å². The monoisotopic (exact) mass is 183 g/mol. The highest BCUT2D eigenvalue weighted by atomic mass is 16.2. The van der Waals surface area contributed by atoms with E-state index in [4.69, 9.17) is 11.0 Å². The quantitative estimate of drug-likeness (QED) is 0.605. The Balaban J connectivity index is 3.57. The molecule has 74 valence electrons. The molecule has 4 heteroatoms. The van der Waals surface area contributed by atoms with Gasteiger partial charge in [0.1, 0.15) is 0 Å². The van der Waals surface area contributed by atoms with Crippen LogP contribution in [0.4, 0.5) is 0 Å². The maximum absolute atomic E-state index is 11.2. The minimum atomic E-state index is -0.443. The molecule has 0 fully saturated rings. The summed E-state index contributed by atoms with van der Waals surface area (Å²) in [4.78, 5) is 11.2. The molecule has 13 heavy (non-hydrogen) atoms. The number of amides is 1. The average Bonchev–Trinajstić information content (AvgIpc) is 2.10. The Labute approximate surface area is 79.1 Å². The Morgan fingerprint density at radius 3 is 2.69 bits per heavy atom. The summed E-state index contributed by atoms with van der Waals surface area (Å²) >= 11 is 0. The maximum atomic E-state index is 11.2. The Hall–Kier alpha value is -1.08. The minimum absolute atomic E-state index is 0.132. The lowest BCUT2D eigenvalue weighted by molar-refractivity contribution is -0.123. The number of nitrogens with one attached hydrogen (secondary N) is 1. The highest BCUT2D eigenvalue weighted by Crippen LogP contribution is 1.97. The van der Waals surface area contributed by atoms with Gasteiger partial charge in [-0.3, -0.25) is 4.79 Å². The van der Waals surface area contributed by atoms with Crippen LogP contribution >= 0.6 is 0 Å². The molecular weight excluding hydrogens is 166 g/mol. The molecule has 0 aromatic carbocycles. The summed E-state index contributed by atoms with van der Waals surface area (Å²) in [5, 5.41) is 10.9. The fourth-order valence-corrected chi connectivity index (χ4v) is 0.800. The van der Waals surface area contributed by atoms with Gasteiger partial charge in [0, 0.05) is 13.0 Å². The van der Waals surface area contributed by atoms with Gasteiger partial charge in [0.15, 0.2) is 0 Å². The van der Waals surface area contributed by atoms with E-state index in [9.17, 15) is 4.79 Å². The SMILES string of the molecule is CC(C)[C@@H](N)C(=O)NCCCC#N. The van der Waals surface area contributed by atoms with Crippen molar-refractivity contribution in [1.82, 2.24) is 5.32 Å². The molecule has 4 nitrogen and oxygen atoms in total. The maximum Gasteiger partial charge on any atom is 0.237 e. The molecule has 0 unspecified atom stereocenters. The molecule has 0 radical (unpaired) electrons. The first-order valence-electron chi connectivity index (χ1n) is 4.49. The third-order valence-corrected chi connectivity index (χ3v) is 1.79. The molecule has 1 atom stereocenters. The van der Waals surface area contributed by atoms with Crippen LogP contribution in [-0.4, -0.2) is 18.5 Å². The second-order valence-corrected chi connectivity index (χ2v) is 3.32. The highest BCUT2D eigenvalue weighted by molar-refractivity contribution is 5.81. The van der Waals surface area contributed by atoms with Crippen molar-refractivity contribution in [3.05, 3.63) is 0 Å². The lowest BCUT2D eigenvalue weighted by atomic mass is 10.1. The van der Waals surface area contributed by atoms with E-state index in [-0.39, 0.29) is 11.8 Å². The molecule has 0 saturated carbocycles. The van der Waals surface area contributed by atoms with Gasteiger partial charge >= 0.3 is 0 Å². The number of rotatable bonds is 5. The first-order chi connectivity index (χ1) is 6.09. The molecule has 0 aliphatic carbocycles. The van der Waals surface area contributed by atoms with E-state index in [1.54, 1.807) is 0 Å². The van der Waals surface area contributed by atoms with Crippen LogP contribution in [-0.2, 0) is 4.79 Å². The van der Waals surface area contributed by atoms with Gasteiger partial charge in [0.2, 0.25) is 5.91 Å². The highest BCUT2D eigenvalue weighted by Gasteiger charge is 2.15. The summed E-state index contributed by atoms with van der Waals surface area (Å²) in [6.45, 7) is 4.34. The van der Waals surface area contributed by atoms with Crippen LogP contribution in [0.15, 0.2) is 0 Å². The van der Waals surface area contributed by atoms with Crippen LogP contribution in [0.25, 0.3) is 0 Å². The van der Waals surface area contributed by atoms with Gasteiger partial charge in [-0.2, -0.15) is 5.26 Å². The number of hydrogen-bond donors (Lipinski definition) is 2. The topological polar surface area (TPSA) is 78.9 Å². The van der Waals surface area contributed by atoms with Gasteiger partial charge < -0.3 is 11.1 Å². The van der Waals surface area contributed by atoms with Crippen LogP contribution in [0.2, 0.25) is 0 Å². The third-order valence-electron chi connectivity index (χ3n) is 1.79. The molecule has 0 heterocycles. The van der Waals surface area contributed by atoms with Gasteiger partial charge in [0.25, 0.3) is 0 Å². The average molecular weight is 183 g/mol. The van der Waals surface area contributed by atoms with Crippen molar-refractivity contribution in [2.75, 3.05) is 6.54 Å². The molecule has 0 aromatic rings. The predicted octanol–water partition coefficient (Wildman–Crippen LogP) is 0.390. The van der Waals surface area contributed by atoms with Crippen LogP contribution in [0.5, 0.6) is 0 Å². The van der Waals surface area contributed by atoms with Crippen molar-refractivity contribution in [1.29, 1.82) is 5.26 Å². The summed E-state index contributed by atoms with van der Waals surface area (Å²) < 4.78 is 0. The molecule has 0 spiro atoms. The third kappa shape index (κ3) is 5.21. The number of nitriles is 1. The number of unbranched alkanes of at least 4 members (excludes halogenated alkanes) is 1. The molecule has 0 aliphatic heterocycles. The van der Waals surface area contributed by atoms with Gasteiger partial charge in [0.05, 0.1) is 12.1 Å². The van der Waals surface area contributed by atoms with Crippen molar-refractivity contribution in [2.45, 2.75) is 32.7 Å². The second-order valence-electron chi connectivity index (χ2n) is 3.32. The zero-order valence-electron chi connectivity index (χ0n) is 8.21. The molecule has 3 N–H and O–H groups in total. The van der Waals surface area contributed by atoms with Gasteiger partial charge in [-0.25, -0.2) is 0 Å². The van der Waals surface area contributed by atoms with E-state index in [2.05, 4.69) is 5.32 Å². The lowest BCUT2D eigenvalue weighted by Gasteiger charge is -2.14. The predicted molar refractivity (Wildman–Crippen MR) is 50.7 cm³/mol. The van der Waals surface area contributed by atoms with E-state index in [1.807, 2.05) is 19.9 Å². The zero-order chi connectivity index (χ0) is 10.3. The Morgan fingerprint density at radius 1 is 1.62 bits per heavy atom. The summed E-state index contributed by atoms with van der Waals surface area (Å²) in [6.07, 6.45) is 1.16. The van der Waals surface area contributed by atoms with Crippen molar-refractivity contribution in [3.63, 3.8) is 0 Å². The smallest absolute Gasteiger partial charge is 0.237 e. The molecular formula is C9H17N3O. The molecule has 1 amide bonds. The van der Waals surface area contributed by atoms with E-state index in [0.29, 0.717) is 19.4 Å². The fourth-order valence-electron chi connectivity index (χ4n) is 0.800. The van der Waals surface area contributed by atoms with E-state index < -0.39 is 6.04 Å². The van der Waals surface area contributed by atoms with Crippen LogP contribution in [0, 0.1) is 17.2 Å². The van der Waals surface area contributed by atoms with E-state index in [1.165, 1.54) is 0 Å². The summed E-state index contributed by atoms with van der Waals surface area (Å²) in [5.74, 6) is 0.0175. The van der Waals surface area contributed by atoms with Gasteiger partial charge in [-0.1, -0.05) is 13.8 Å². The van der Waals surface area contributed by atoms with Crippen LogP contribution in [0.1, 0.15) is 26.7 Å². The second kappa shape index (κ2) is 6.44. The van der Waals surface area contributed by atoms with Crippen molar-refractivity contribution in [2.24, 2.45) is 11.7 Å². The summed E-state index contributed by atoms with van der Waals surface area (Å²) in [6, 6.07) is 1.57. The zero-order valence-corrected chi connectivity index (χ0v) is 8.21. The first kappa shape index (κ1) is 11.9. The minimum Gasteiger partial charge on any atom is -0.355 e. The number of nitrogens with zero attached hydrogens (tertiary/aromatic N) is 1. The summed E-state index contributed by atoms with van der Waals surface area (Å²) in [5.41, 5.74) is 5.60. The first-order valence-corrected chi connectivity index (χ1v) is 4.49. The van der Waals surface area contributed by atoms with Crippen LogP contribution in [0.3, 0.4) is 0 Å². The van der Waals surface area contributed by atoms with E-state index in [0.717, 1.165) is 0 Å². The van der Waals surface area contributed by atoms with Crippen molar-refractivity contribution < 1.29 is 4.79 Å². The van der Waals surface area contributed by atoms with E-state index >= 15 is 0 Å². The Bertz CT molecular complexity index is 196. The van der Waals surface area contributed by atoms with Crippen LogP contribution < -0.4 is 11.1 Å². The molecule has 0 aromatic heterocycles. The number of nitrogens with two attached hydrogens (primary N) is 1. The van der Waals surface area contributed by atoms with Gasteiger partial charge in [-0.05, 0) is 12.3 Å². The standard InChI is InChI=1S/C9H17N3O/c1-7(2)8(11)9(13)12-6-4-3-5-10/h7-8H,3-4,6,11H2,1-2H3,(H,12,13)/t8-/m1/s1. The normalized spacial score (nSPS) is 12.2. The summed E-state index contributed by atoms with van der Waals surface area (Å²) in [7, 11) is 0. The molecule has 0 aliphatic rings.